The molecule has 0 bridgehead atoms. The van der Waals surface area contributed by atoms with Gasteiger partial charge in [-0.3, -0.25) is 4.79 Å². The summed E-state index contributed by atoms with van der Waals surface area (Å²) in [5.41, 5.74) is 0.589. The standard InChI is InChI=1S/C13H8BrClN2O3/c14-11-8(2-1-5-16-11)12(18)17-10-6-7(13(19)20)3-4-9(10)15/h1-6H,(H,17,18)(H,19,20). The first kappa shape index (κ1) is 14.5. The molecule has 0 radical (unpaired) electrons. The Labute approximate surface area is 127 Å². The maximum Gasteiger partial charge on any atom is 0.335 e. The second kappa shape index (κ2) is 6.02. The third-order valence-corrected chi connectivity index (χ3v) is 3.43. The molecule has 0 aliphatic carbocycles. The molecule has 1 aromatic carbocycles. The number of halogens is 2. The van der Waals surface area contributed by atoms with Crippen LogP contribution in [0.4, 0.5) is 5.69 Å². The van der Waals surface area contributed by atoms with Crippen LogP contribution < -0.4 is 5.32 Å². The highest BCUT2D eigenvalue weighted by Gasteiger charge is 2.14. The molecular formula is C13H8BrClN2O3. The summed E-state index contributed by atoms with van der Waals surface area (Å²) >= 11 is 9.10. The number of carboxylic acids is 1. The maximum atomic E-state index is 12.1. The van der Waals surface area contributed by atoms with E-state index >= 15 is 0 Å². The van der Waals surface area contributed by atoms with E-state index in [0.29, 0.717) is 10.2 Å². The third kappa shape index (κ3) is 3.15. The Bertz CT molecular complexity index is 691. The van der Waals surface area contributed by atoms with Crippen molar-refractivity contribution in [3.63, 3.8) is 0 Å². The van der Waals surface area contributed by atoms with Crippen LogP contribution in [-0.2, 0) is 0 Å². The normalized spacial score (nSPS) is 10.1. The topological polar surface area (TPSA) is 79.3 Å². The fourth-order valence-corrected chi connectivity index (χ4v) is 2.09. The number of nitrogens with zero attached hydrogens (tertiary/aromatic N) is 1. The van der Waals surface area contributed by atoms with Crippen molar-refractivity contribution >= 4 is 45.1 Å². The van der Waals surface area contributed by atoms with Crippen LogP contribution in [0.3, 0.4) is 0 Å². The molecule has 2 aromatic rings. The van der Waals surface area contributed by atoms with Gasteiger partial charge in [0.1, 0.15) is 4.60 Å². The molecule has 0 unspecified atom stereocenters. The summed E-state index contributed by atoms with van der Waals surface area (Å²) < 4.78 is 0.392. The van der Waals surface area contributed by atoms with Crippen molar-refractivity contribution in [3.05, 3.63) is 57.3 Å². The number of carbonyl (C=O) groups excluding carboxylic acids is 1. The monoisotopic (exact) mass is 354 g/mol. The maximum absolute atomic E-state index is 12.1. The molecule has 0 aliphatic rings. The average molecular weight is 356 g/mol. The Morgan fingerprint density at radius 2 is 2.05 bits per heavy atom. The number of rotatable bonds is 3. The summed E-state index contributed by atoms with van der Waals surface area (Å²) in [5.74, 6) is -1.53. The molecule has 2 rings (SSSR count). The fourth-order valence-electron chi connectivity index (χ4n) is 1.50. The van der Waals surface area contributed by atoms with E-state index in [1.165, 1.54) is 18.2 Å². The van der Waals surface area contributed by atoms with E-state index in [1.807, 2.05) is 0 Å². The Balaban J connectivity index is 2.30. The first-order valence-corrected chi connectivity index (χ1v) is 6.61. The summed E-state index contributed by atoms with van der Waals surface area (Å²) in [5, 5.41) is 11.7. The number of nitrogens with one attached hydrogen (secondary N) is 1. The van der Waals surface area contributed by atoms with Crippen LogP contribution in [0.25, 0.3) is 0 Å². The summed E-state index contributed by atoms with van der Waals surface area (Å²) in [7, 11) is 0. The lowest BCUT2D eigenvalue weighted by molar-refractivity contribution is 0.0696. The smallest absolute Gasteiger partial charge is 0.335 e. The van der Waals surface area contributed by atoms with Gasteiger partial charge in [-0.05, 0) is 46.3 Å². The first-order valence-electron chi connectivity index (χ1n) is 5.44. The molecule has 1 aromatic heterocycles. The van der Waals surface area contributed by atoms with Crippen LogP contribution in [-0.4, -0.2) is 22.0 Å². The van der Waals surface area contributed by atoms with Gasteiger partial charge in [0.2, 0.25) is 0 Å². The van der Waals surface area contributed by atoms with E-state index in [-0.39, 0.29) is 16.3 Å². The van der Waals surface area contributed by atoms with E-state index in [1.54, 1.807) is 18.3 Å². The zero-order valence-electron chi connectivity index (χ0n) is 9.93. The van der Waals surface area contributed by atoms with Gasteiger partial charge in [-0.25, -0.2) is 9.78 Å². The van der Waals surface area contributed by atoms with Crippen molar-refractivity contribution < 1.29 is 14.7 Å². The quantitative estimate of drug-likeness (QED) is 0.827. The van der Waals surface area contributed by atoms with Crippen LogP contribution in [0.1, 0.15) is 20.7 Å². The molecule has 102 valence electrons. The summed E-state index contributed by atoms with van der Waals surface area (Å²) in [6, 6.07) is 7.28. The van der Waals surface area contributed by atoms with E-state index in [4.69, 9.17) is 16.7 Å². The Morgan fingerprint density at radius 3 is 2.70 bits per heavy atom. The molecule has 2 N–H and O–H groups in total. The Kier molecular flexibility index (Phi) is 4.36. The number of anilines is 1. The number of hydrogen-bond acceptors (Lipinski definition) is 3. The van der Waals surface area contributed by atoms with Gasteiger partial charge in [-0.2, -0.15) is 0 Å². The third-order valence-electron chi connectivity index (χ3n) is 2.47. The minimum absolute atomic E-state index is 0.0370. The number of amides is 1. The van der Waals surface area contributed by atoms with Gasteiger partial charge in [0, 0.05) is 6.20 Å². The van der Waals surface area contributed by atoms with Crippen molar-refractivity contribution in [2.45, 2.75) is 0 Å². The summed E-state index contributed by atoms with van der Waals surface area (Å²) in [4.78, 5) is 26.9. The van der Waals surface area contributed by atoms with Crippen molar-refractivity contribution in [2.24, 2.45) is 0 Å². The highest BCUT2D eigenvalue weighted by atomic mass is 79.9. The van der Waals surface area contributed by atoms with Crippen LogP contribution >= 0.6 is 27.5 Å². The summed E-state index contributed by atoms with van der Waals surface area (Å²) in [6.07, 6.45) is 1.54. The second-order valence-corrected chi connectivity index (χ2v) is 4.95. The molecular weight excluding hydrogens is 348 g/mol. The van der Waals surface area contributed by atoms with Crippen molar-refractivity contribution in [3.8, 4) is 0 Å². The number of carbonyl (C=O) groups is 2. The van der Waals surface area contributed by atoms with Gasteiger partial charge < -0.3 is 10.4 Å². The van der Waals surface area contributed by atoms with Gasteiger partial charge >= 0.3 is 5.97 Å². The summed E-state index contributed by atoms with van der Waals surface area (Å²) in [6.45, 7) is 0. The molecule has 0 saturated heterocycles. The number of hydrogen-bond donors (Lipinski definition) is 2. The van der Waals surface area contributed by atoms with Crippen molar-refractivity contribution in [2.75, 3.05) is 5.32 Å². The van der Waals surface area contributed by atoms with Crippen LogP contribution in [0.15, 0.2) is 41.1 Å². The number of aromatic nitrogens is 1. The van der Waals surface area contributed by atoms with Gasteiger partial charge in [-0.15, -0.1) is 0 Å². The van der Waals surface area contributed by atoms with Crippen molar-refractivity contribution in [1.29, 1.82) is 0 Å². The number of benzene rings is 1. The molecule has 5 nitrogen and oxygen atoms in total. The molecule has 0 spiro atoms. The lowest BCUT2D eigenvalue weighted by Gasteiger charge is -2.09. The van der Waals surface area contributed by atoms with Crippen LogP contribution in [0.2, 0.25) is 5.02 Å². The Hall–Kier alpha value is -1.92. The molecule has 7 heteroatoms. The lowest BCUT2D eigenvalue weighted by atomic mass is 10.2. The SMILES string of the molecule is O=C(O)c1ccc(Cl)c(NC(=O)c2cccnc2Br)c1. The molecule has 1 heterocycles. The first-order chi connectivity index (χ1) is 9.49. The minimum atomic E-state index is -1.10. The van der Waals surface area contributed by atoms with Crippen LogP contribution in [0, 0.1) is 0 Å². The highest BCUT2D eigenvalue weighted by molar-refractivity contribution is 9.10. The zero-order valence-corrected chi connectivity index (χ0v) is 12.3. The highest BCUT2D eigenvalue weighted by Crippen LogP contribution is 2.24. The van der Waals surface area contributed by atoms with E-state index in [0.717, 1.165) is 0 Å². The number of carboxylic acid groups (broad SMARTS) is 1. The Morgan fingerprint density at radius 1 is 1.30 bits per heavy atom. The molecule has 0 fully saturated rings. The average Bonchev–Trinajstić information content (AvgIpc) is 2.41. The second-order valence-electron chi connectivity index (χ2n) is 3.80. The van der Waals surface area contributed by atoms with E-state index in [2.05, 4.69) is 26.2 Å². The van der Waals surface area contributed by atoms with E-state index < -0.39 is 11.9 Å². The molecule has 20 heavy (non-hydrogen) atoms. The van der Waals surface area contributed by atoms with Gasteiger partial charge in [-0.1, -0.05) is 11.6 Å². The van der Waals surface area contributed by atoms with E-state index in [9.17, 15) is 9.59 Å². The van der Waals surface area contributed by atoms with Gasteiger partial charge in [0.15, 0.2) is 0 Å². The fraction of sp³-hybridized carbons (Fsp3) is 0. The zero-order chi connectivity index (χ0) is 14.7. The minimum Gasteiger partial charge on any atom is -0.478 e. The van der Waals surface area contributed by atoms with Crippen LogP contribution in [0.5, 0.6) is 0 Å². The predicted octanol–water partition coefficient (Wildman–Crippen LogP) is 3.45. The molecule has 1 amide bonds. The van der Waals surface area contributed by atoms with Crippen molar-refractivity contribution in [1.82, 2.24) is 4.98 Å². The largest absolute Gasteiger partial charge is 0.478 e. The molecule has 0 atom stereocenters. The molecule has 0 saturated carbocycles. The predicted molar refractivity (Wildman–Crippen MR) is 78.3 cm³/mol. The van der Waals surface area contributed by atoms with Gasteiger partial charge in [0.05, 0.1) is 21.8 Å². The lowest BCUT2D eigenvalue weighted by Crippen LogP contribution is -2.14. The number of aromatic carboxylic acids is 1. The van der Waals surface area contributed by atoms with Gasteiger partial charge in [0.25, 0.3) is 5.91 Å². The molecule has 0 aliphatic heterocycles. The number of pyridine rings is 1.